The number of pyridine rings is 1. The van der Waals surface area contributed by atoms with E-state index < -0.39 is 0 Å². The standard InChI is InChI=1S/C15H13N3O2/c1-20-14-5-3-2-4-12(14)10-18-15(19)11-6-7-17-13(8-11)9-16/h2-8H,10H2,1H3,(H,18,19). The molecular formula is C15H13N3O2. The van der Waals surface area contributed by atoms with Crippen LogP contribution in [0.5, 0.6) is 5.75 Å². The molecular weight excluding hydrogens is 254 g/mol. The Balaban J connectivity index is 2.07. The lowest BCUT2D eigenvalue weighted by atomic mass is 10.2. The Morgan fingerprint density at radius 1 is 1.40 bits per heavy atom. The van der Waals surface area contributed by atoms with Crippen molar-refractivity contribution >= 4 is 5.91 Å². The van der Waals surface area contributed by atoms with Crippen LogP contribution in [0.2, 0.25) is 0 Å². The quantitative estimate of drug-likeness (QED) is 0.917. The molecule has 100 valence electrons. The van der Waals surface area contributed by atoms with Gasteiger partial charge in [-0.25, -0.2) is 4.98 Å². The molecule has 0 radical (unpaired) electrons. The summed E-state index contributed by atoms with van der Waals surface area (Å²) in [4.78, 5) is 15.8. The lowest BCUT2D eigenvalue weighted by molar-refractivity contribution is 0.0950. The Kier molecular flexibility index (Phi) is 4.30. The average molecular weight is 267 g/mol. The largest absolute Gasteiger partial charge is 0.496 e. The smallest absolute Gasteiger partial charge is 0.251 e. The summed E-state index contributed by atoms with van der Waals surface area (Å²) in [5.74, 6) is 0.468. The van der Waals surface area contributed by atoms with Crippen LogP contribution in [0.4, 0.5) is 0 Å². The van der Waals surface area contributed by atoms with Gasteiger partial charge in [-0.05, 0) is 18.2 Å². The van der Waals surface area contributed by atoms with Crippen LogP contribution in [0.15, 0.2) is 42.6 Å². The number of hydrogen-bond acceptors (Lipinski definition) is 4. The molecule has 0 spiro atoms. The zero-order valence-corrected chi connectivity index (χ0v) is 11.0. The van der Waals surface area contributed by atoms with Crippen LogP contribution in [-0.2, 0) is 6.54 Å². The molecule has 20 heavy (non-hydrogen) atoms. The Morgan fingerprint density at radius 2 is 2.20 bits per heavy atom. The number of aromatic nitrogens is 1. The molecule has 1 aromatic carbocycles. The minimum absolute atomic E-state index is 0.218. The van der Waals surface area contributed by atoms with Crippen molar-refractivity contribution in [3.63, 3.8) is 0 Å². The van der Waals surface area contributed by atoms with E-state index in [0.717, 1.165) is 11.3 Å². The third-order valence-corrected chi connectivity index (χ3v) is 2.77. The summed E-state index contributed by atoms with van der Waals surface area (Å²) < 4.78 is 5.22. The van der Waals surface area contributed by atoms with E-state index in [2.05, 4.69) is 10.3 Å². The van der Waals surface area contributed by atoms with Crippen molar-refractivity contribution in [3.8, 4) is 11.8 Å². The van der Waals surface area contributed by atoms with Gasteiger partial charge in [-0.3, -0.25) is 4.79 Å². The molecule has 1 amide bonds. The van der Waals surface area contributed by atoms with Crippen LogP contribution in [0.3, 0.4) is 0 Å². The fraction of sp³-hybridized carbons (Fsp3) is 0.133. The molecule has 5 heteroatoms. The van der Waals surface area contributed by atoms with Crippen molar-refractivity contribution in [2.24, 2.45) is 0 Å². The van der Waals surface area contributed by atoms with E-state index in [-0.39, 0.29) is 11.6 Å². The summed E-state index contributed by atoms with van der Waals surface area (Å²) >= 11 is 0. The molecule has 5 nitrogen and oxygen atoms in total. The normalized spacial score (nSPS) is 9.60. The first-order valence-electron chi connectivity index (χ1n) is 6.01. The van der Waals surface area contributed by atoms with Crippen LogP contribution in [-0.4, -0.2) is 18.0 Å². The second-order valence-corrected chi connectivity index (χ2v) is 4.04. The lowest BCUT2D eigenvalue weighted by Crippen LogP contribution is -2.23. The van der Waals surface area contributed by atoms with Gasteiger partial charge in [0.2, 0.25) is 0 Å². The molecule has 2 aromatic rings. The van der Waals surface area contributed by atoms with Crippen molar-refractivity contribution in [2.75, 3.05) is 7.11 Å². The second kappa shape index (κ2) is 6.34. The number of amides is 1. The molecule has 0 unspecified atom stereocenters. The maximum Gasteiger partial charge on any atom is 0.251 e. The predicted octanol–water partition coefficient (Wildman–Crippen LogP) is 1.89. The van der Waals surface area contributed by atoms with Gasteiger partial charge >= 0.3 is 0 Å². The van der Waals surface area contributed by atoms with Crippen LogP contribution < -0.4 is 10.1 Å². The first kappa shape index (κ1) is 13.6. The zero-order chi connectivity index (χ0) is 14.4. The maximum absolute atomic E-state index is 12.0. The average Bonchev–Trinajstić information content (AvgIpc) is 2.52. The van der Waals surface area contributed by atoms with Gasteiger partial charge in [0.1, 0.15) is 17.5 Å². The highest BCUT2D eigenvalue weighted by atomic mass is 16.5. The van der Waals surface area contributed by atoms with E-state index in [1.165, 1.54) is 12.3 Å². The maximum atomic E-state index is 12.0. The topological polar surface area (TPSA) is 75.0 Å². The molecule has 0 aliphatic rings. The van der Waals surface area contributed by atoms with E-state index in [9.17, 15) is 4.79 Å². The molecule has 0 saturated heterocycles. The van der Waals surface area contributed by atoms with Gasteiger partial charge in [0.05, 0.1) is 7.11 Å². The van der Waals surface area contributed by atoms with Gasteiger partial charge in [-0.1, -0.05) is 18.2 Å². The van der Waals surface area contributed by atoms with Crippen molar-refractivity contribution in [1.82, 2.24) is 10.3 Å². The number of carbonyl (C=O) groups is 1. The number of hydrogen-bond donors (Lipinski definition) is 1. The highest BCUT2D eigenvalue weighted by Gasteiger charge is 2.08. The number of para-hydroxylation sites is 1. The molecule has 1 heterocycles. The monoisotopic (exact) mass is 267 g/mol. The van der Waals surface area contributed by atoms with Crippen LogP contribution in [0.1, 0.15) is 21.6 Å². The second-order valence-electron chi connectivity index (χ2n) is 4.04. The van der Waals surface area contributed by atoms with Crippen LogP contribution in [0, 0.1) is 11.3 Å². The number of nitrogens with zero attached hydrogens (tertiary/aromatic N) is 2. The third kappa shape index (κ3) is 3.12. The molecule has 0 fully saturated rings. The molecule has 0 atom stereocenters. The summed E-state index contributed by atoms with van der Waals surface area (Å²) in [5, 5.41) is 11.5. The van der Waals surface area contributed by atoms with Gasteiger partial charge in [0.15, 0.2) is 0 Å². The number of ether oxygens (including phenoxy) is 1. The molecule has 1 aromatic heterocycles. The van der Waals surface area contributed by atoms with E-state index in [1.807, 2.05) is 30.3 Å². The fourth-order valence-electron chi connectivity index (χ4n) is 1.76. The number of nitrogens with one attached hydrogen (secondary N) is 1. The van der Waals surface area contributed by atoms with Crippen LogP contribution in [0.25, 0.3) is 0 Å². The molecule has 1 N–H and O–H groups in total. The van der Waals surface area contributed by atoms with E-state index >= 15 is 0 Å². The van der Waals surface area contributed by atoms with Gasteiger partial charge in [-0.2, -0.15) is 5.26 Å². The van der Waals surface area contributed by atoms with Crippen molar-refractivity contribution in [3.05, 3.63) is 59.4 Å². The molecule has 0 aliphatic heterocycles. The number of benzene rings is 1. The van der Waals surface area contributed by atoms with E-state index in [1.54, 1.807) is 13.2 Å². The van der Waals surface area contributed by atoms with Crippen molar-refractivity contribution < 1.29 is 9.53 Å². The zero-order valence-electron chi connectivity index (χ0n) is 11.0. The molecule has 2 rings (SSSR count). The van der Waals surface area contributed by atoms with Gasteiger partial charge in [0.25, 0.3) is 5.91 Å². The van der Waals surface area contributed by atoms with Gasteiger partial charge < -0.3 is 10.1 Å². The Labute approximate surface area is 116 Å². The van der Waals surface area contributed by atoms with Crippen molar-refractivity contribution in [1.29, 1.82) is 5.26 Å². The first-order chi connectivity index (χ1) is 9.74. The first-order valence-corrected chi connectivity index (χ1v) is 6.01. The summed E-state index contributed by atoms with van der Waals surface area (Å²) in [6.07, 6.45) is 1.44. The van der Waals surface area contributed by atoms with E-state index in [0.29, 0.717) is 12.1 Å². The minimum atomic E-state index is -0.255. The Bertz CT molecular complexity index is 662. The number of carbonyl (C=O) groups excluding carboxylic acids is 1. The van der Waals surface area contributed by atoms with Gasteiger partial charge in [0, 0.05) is 23.9 Å². The van der Waals surface area contributed by atoms with Crippen molar-refractivity contribution in [2.45, 2.75) is 6.54 Å². The summed E-state index contributed by atoms with van der Waals surface area (Å²) in [6.45, 7) is 0.354. The summed E-state index contributed by atoms with van der Waals surface area (Å²) in [7, 11) is 1.59. The molecule has 0 saturated carbocycles. The minimum Gasteiger partial charge on any atom is -0.496 e. The third-order valence-electron chi connectivity index (χ3n) is 2.77. The molecule has 0 bridgehead atoms. The SMILES string of the molecule is COc1ccccc1CNC(=O)c1ccnc(C#N)c1. The fourth-order valence-corrected chi connectivity index (χ4v) is 1.76. The Hall–Kier alpha value is -2.87. The summed E-state index contributed by atoms with van der Waals surface area (Å²) in [5.41, 5.74) is 1.51. The highest BCUT2D eigenvalue weighted by molar-refractivity contribution is 5.94. The molecule has 0 aliphatic carbocycles. The highest BCUT2D eigenvalue weighted by Crippen LogP contribution is 2.16. The predicted molar refractivity (Wildman–Crippen MR) is 73.1 cm³/mol. The number of methoxy groups -OCH3 is 1. The van der Waals surface area contributed by atoms with Gasteiger partial charge in [-0.15, -0.1) is 0 Å². The summed E-state index contributed by atoms with van der Waals surface area (Å²) in [6, 6.07) is 12.4. The lowest BCUT2D eigenvalue weighted by Gasteiger charge is -2.09. The van der Waals surface area contributed by atoms with Crippen LogP contribution >= 0.6 is 0 Å². The Morgan fingerprint density at radius 3 is 2.95 bits per heavy atom. The number of nitriles is 1. The van der Waals surface area contributed by atoms with E-state index in [4.69, 9.17) is 10.00 Å². The number of rotatable bonds is 4.